The average Bonchev–Trinajstić information content (AvgIpc) is 2.89. The van der Waals surface area contributed by atoms with Crippen molar-refractivity contribution in [2.75, 3.05) is 26.2 Å². The van der Waals surface area contributed by atoms with Gasteiger partial charge < -0.3 is 9.80 Å². The Morgan fingerprint density at radius 3 is 2.12 bits per heavy atom. The van der Waals surface area contributed by atoms with Gasteiger partial charge in [0.1, 0.15) is 0 Å². The van der Waals surface area contributed by atoms with Crippen LogP contribution in [0.1, 0.15) is 20.7 Å². The van der Waals surface area contributed by atoms with Crippen LogP contribution in [0.2, 0.25) is 10.0 Å². The number of piperazine rings is 1. The Balaban J connectivity index is 1.39. The molecule has 0 saturated carbocycles. The number of nitrogens with zero attached hydrogens (tertiary/aromatic N) is 4. The minimum Gasteiger partial charge on any atom is -0.335 e. The number of carbonyl (C=O) groups excluding carboxylic acids is 2. The monoisotopic (exact) mass is 490 g/mol. The van der Waals surface area contributed by atoms with Crippen molar-refractivity contribution < 1.29 is 9.59 Å². The molecule has 1 saturated heterocycles. The number of para-hydroxylation sites is 1. The smallest absolute Gasteiger partial charge is 0.255 e. The predicted octanol–water partition coefficient (Wildman–Crippen LogP) is 5.20. The molecule has 4 aromatic rings. The van der Waals surface area contributed by atoms with E-state index in [1.165, 1.54) is 0 Å². The molecule has 2 aromatic carbocycles. The Morgan fingerprint density at radius 2 is 1.41 bits per heavy atom. The summed E-state index contributed by atoms with van der Waals surface area (Å²) in [6.07, 6.45) is 3.41. The largest absolute Gasteiger partial charge is 0.335 e. The van der Waals surface area contributed by atoms with Gasteiger partial charge >= 0.3 is 0 Å². The summed E-state index contributed by atoms with van der Waals surface area (Å²) in [6.45, 7) is 1.66. The highest BCUT2D eigenvalue weighted by molar-refractivity contribution is 6.43. The van der Waals surface area contributed by atoms with E-state index in [2.05, 4.69) is 4.98 Å². The first-order valence-corrected chi connectivity index (χ1v) is 11.6. The van der Waals surface area contributed by atoms with Crippen LogP contribution in [0.25, 0.3) is 22.2 Å². The lowest BCUT2D eigenvalue weighted by molar-refractivity contribution is 0.0536. The van der Waals surface area contributed by atoms with Gasteiger partial charge in [-0.1, -0.05) is 47.5 Å². The van der Waals surface area contributed by atoms with Gasteiger partial charge in [-0.25, -0.2) is 4.98 Å². The van der Waals surface area contributed by atoms with E-state index >= 15 is 0 Å². The van der Waals surface area contributed by atoms with Gasteiger partial charge in [-0.3, -0.25) is 14.6 Å². The maximum absolute atomic E-state index is 13.6. The molecule has 8 heteroatoms. The molecule has 0 aliphatic carbocycles. The standard InChI is InChI=1S/C26H20Cl2N4O2/c27-21-6-3-5-19(24(21)28)25(33)31-12-14-32(15-13-31)26(34)20-16-23(17-8-10-29-11-9-17)30-22-7-2-1-4-18(20)22/h1-11,16H,12-15H2. The summed E-state index contributed by atoms with van der Waals surface area (Å²) in [4.78, 5) is 38.8. The molecule has 2 amide bonds. The second kappa shape index (κ2) is 9.41. The van der Waals surface area contributed by atoms with Crippen molar-refractivity contribution in [1.29, 1.82) is 0 Å². The van der Waals surface area contributed by atoms with E-state index in [1.807, 2.05) is 42.5 Å². The summed E-state index contributed by atoms with van der Waals surface area (Å²) in [5.41, 5.74) is 3.33. The van der Waals surface area contributed by atoms with Gasteiger partial charge in [0.05, 0.1) is 32.4 Å². The van der Waals surface area contributed by atoms with E-state index < -0.39 is 0 Å². The minimum atomic E-state index is -0.186. The van der Waals surface area contributed by atoms with Gasteiger partial charge in [0.2, 0.25) is 0 Å². The molecule has 0 atom stereocenters. The van der Waals surface area contributed by atoms with E-state index in [0.29, 0.717) is 48.0 Å². The van der Waals surface area contributed by atoms with Crippen LogP contribution < -0.4 is 0 Å². The molecule has 34 heavy (non-hydrogen) atoms. The fraction of sp³-hybridized carbons (Fsp3) is 0.154. The third-order valence-electron chi connectivity index (χ3n) is 5.96. The molecule has 0 radical (unpaired) electrons. The highest BCUT2D eigenvalue weighted by Crippen LogP contribution is 2.28. The number of rotatable bonds is 3. The first-order chi connectivity index (χ1) is 16.5. The molecule has 1 aliphatic heterocycles. The van der Waals surface area contributed by atoms with Crippen molar-refractivity contribution in [3.8, 4) is 11.3 Å². The second-order valence-electron chi connectivity index (χ2n) is 7.99. The summed E-state index contributed by atoms with van der Waals surface area (Å²) < 4.78 is 0. The highest BCUT2D eigenvalue weighted by Gasteiger charge is 2.28. The predicted molar refractivity (Wildman–Crippen MR) is 133 cm³/mol. The molecule has 2 aromatic heterocycles. The zero-order chi connectivity index (χ0) is 23.7. The molecule has 0 unspecified atom stereocenters. The van der Waals surface area contributed by atoms with Crippen LogP contribution in [0.15, 0.2) is 73.1 Å². The van der Waals surface area contributed by atoms with Crippen LogP contribution in [0.5, 0.6) is 0 Å². The summed E-state index contributed by atoms with van der Waals surface area (Å²) in [6, 6.07) is 18.2. The average molecular weight is 491 g/mol. The number of fused-ring (bicyclic) bond motifs is 1. The maximum Gasteiger partial charge on any atom is 0.255 e. The van der Waals surface area contributed by atoms with Crippen molar-refractivity contribution in [2.24, 2.45) is 0 Å². The van der Waals surface area contributed by atoms with Crippen LogP contribution in [0, 0.1) is 0 Å². The number of halogens is 2. The molecule has 170 valence electrons. The van der Waals surface area contributed by atoms with Gasteiger partial charge in [0, 0.05) is 49.5 Å². The van der Waals surface area contributed by atoms with Gasteiger partial charge in [0.15, 0.2) is 0 Å². The van der Waals surface area contributed by atoms with E-state index in [1.54, 1.807) is 40.4 Å². The summed E-state index contributed by atoms with van der Waals surface area (Å²) in [7, 11) is 0. The first-order valence-electron chi connectivity index (χ1n) is 10.9. The molecule has 0 N–H and O–H groups in total. The molecular weight excluding hydrogens is 471 g/mol. The quantitative estimate of drug-likeness (QED) is 0.395. The van der Waals surface area contributed by atoms with Crippen molar-refractivity contribution >= 4 is 45.9 Å². The topological polar surface area (TPSA) is 66.4 Å². The molecule has 1 fully saturated rings. The van der Waals surface area contributed by atoms with Gasteiger partial charge in [-0.2, -0.15) is 0 Å². The molecular formula is C26H20Cl2N4O2. The zero-order valence-electron chi connectivity index (χ0n) is 18.1. The Bertz CT molecular complexity index is 1390. The number of aromatic nitrogens is 2. The van der Waals surface area contributed by atoms with E-state index in [9.17, 15) is 9.59 Å². The molecule has 1 aliphatic rings. The number of hydrogen-bond acceptors (Lipinski definition) is 4. The second-order valence-corrected chi connectivity index (χ2v) is 8.78. The maximum atomic E-state index is 13.6. The SMILES string of the molecule is O=C(c1cccc(Cl)c1Cl)N1CCN(C(=O)c2cc(-c3ccncc3)nc3ccccc23)CC1. The molecule has 0 bridgehead atoms. The lowest BCUT2D eigenvalue weighted by Gasteiger charge is -2.35. The van der Waals surface area contributed by atoms with Gasteiger partial charge in [0.25, 0.3) is 11.8 Å². The van der Waals surface area contributed by atoms with Crippen LogP contribution in [-0.2, 0) is 0 Å². The number of benzene rings is 2. The highest BCUT2D eigenvalue weighted by atomic mass is 35.5. The van der Waals surface area contributed by atoms with Crippen LogP contribution >= 0.6 is 23.2 Å². The van der Waals surface area contributed by atoms with Crippen LogP contribution in [0.3, 0.4) is 0 Å². The summed E-state index contributed by atoms with van der Waals surface area (Å²) >= 11 is 12.3. The molecule has 3 heterocycles. The fourth-order valence-corrected chi connectivity index (χ4v) is 4.53. The Morgan fingerprint density at radius 1 is 0.765 bits per heavy atom. The van der Waals surface area contributed by atoms with Crippen LogP contribution in [0.4, 0.5) is 0 Å². The van der Waals surface area contributed by atoms with E-state index in [0.717, 1.165) is 16.5 Å². The Hall–Kier alpha value is -3.48. The molecule has 6 nitrogen and oxygen atoms in total. The fourth-order valence-electron chi connectivity index (χ4n) is 4.15. The normalized spacial score (nSPS) is 13.8. The van der Waals surface area contributed by atoms with Crippen molar-refractivity contribution in [1.82, 2.24) is 19.8 Å². The molecule has 0 spiro atoms. The Kier molecular flexibility index (Phi) is 6.18. The number of amides is 2. The summed E-state index contributed by atoms with van der Waals surface area (Å²) in [5.74, 6) is -0.268. The minimum absolute atomic E-state index is 0.0817. The number of pyridine rings is 2. The van der Waals surface area contributed by atoms with Gasteiger partial charge in [-0.15, -0.1) is 0 Å². The van der Waals surface area contributed by atoms with Crippen molar-refractivity contribution in [2.45, 2.75) is 0 Å². The zero-order valence-corrected chi connectivity index (χ0v) is 19.6. The van der Waals surface area contributed by atoms with Crippen LogP contribution in [-0.4, -0.2) is 57.8 Å². The van der Waals surface area contributed by atoms with Gasteiger partial charge in [-0.05, 0) is 36.4 Å². The van der Waals surface area contributed by atoms with Crippen molar-refractivity contribution in [3.05, 3.63) is 94.2 Å². The number of carbonyl (C=O) groups is 2. The third kappa shape index (κ3) is 4.22. The lowest BCUT2D eigenvalue weighted by Crippen LogP contribution is -2.50. The summed E-state index contributed by atoms with van der Waals surface area (Å²) in [5, 5.41) is 1.39. The van der Waals surface area contributed by atoms with Crippen molar-refractivity contribution in [3.63, 3.8) is 0 Å². The Labute approximate surface area is 206 Å². The lowest BCUT2D eigenvalue weighted by atomic mass is 10.0. The van der Waals surface area contributed by atoms with E-state index in [4.69, 9.17) is 28.2 Å². The number of hydrogen-bond donors (Lipinski definition) is 0. The molecule has 5 rings (SSSR count). The third-order valence-corrected chi connectivity index (χ3v) is 6.78. The van der Waals surface area contributed by atoms with E-state index in [-0.39, 0.29) is 16.8 Å². The first kappa shape index (κ1) is 22.3.